The van der Waals surface area contributed by atoms with Crippen LogP contribution in [0.1, 0.15) is 40.5 Å². The van der Waals surface area contributed by atoms with Crippen LogP contribution in [0.5, 0.6) is 0 Å². The Morgan fingerprint density at radius 2 is 1.59 bits per heavy atom. The Morgan fingerprint density at radius 3 is 2.15 bits per heavy atom. The molecule has 2 unspecified atom stereocenters. The fourth-order valence-electron chi connectivity index (χ4n) is 3.96. The zero-order valence-corrected chi connectivity index (χ0v) is 20.4. The van der Waals surface area contributed by atoms with Crippen molar-refractivity contribution in [2.45, 2.75) is 52.6 Å². The summed E-state index contributed by atoms with van der Waals surface area (Å²) >= 11 is 0. The van der Waals surface area contributed by atoms with E-state index in [9.17, 15) is 0 Å². The van der Waals surface area contributed by atoms with Crippen LogP contribution in [0, 0.1) is 11.8 Å². The number of rotatable bonds is 7. The highest BCUT2D eigenvalue weighted by atomic mass is 127. The van der Waals surface area contributed by atoms with Gasteiger partial charge in [0, 0.05) is 45.3 Å². The van der Waals surface area contributed by atoms with Crippen molar-refractivity contribution in [2.24, 2.45) is 16.8 Å². The van der Waals surface area contributed by atoms with E-state index in [1.807, 2.05) is 7.05 Å². The molecule has 0 aromatic heterocycles. The van der Waals surface area contributed by atoms with E-state index in [4.69, 9.17) is 4.74 Å². The first-order valence-electron chi connectivity index (χ1n) is 10.5. The number of nitrogens with zero attached hydrogens (tertiary/aromatic N) is 3. The fourth-order valence-corrected chi connectivity index (χ4v) is 3.96. The normalized spacial score (nSPS) is 23.0. The van der Waals surface area contributed by atoms with Crippen LogP contribution in [0.3, 0.4) is 0 Å². The molecule has 2 fully saturated rings. The lowest BCUT2D eigenvalue weighted by atomic mass is 9.98. The van der Waals surface area contributed by atoms with Crippen molar-refractivity contribution in [3.05, 3.63) is 0 Å². The molecule has 0 aromatic rings. The molecule has 0 radical (unpaired) electrons. The van der Waals surface area contributed by atoms with Gasteiger partial charge in [0.1, 0.15) is 0 Å². The van der Waals surface area contributed by atoms with Gasteiger partial charge in [-0.15, -0.1) is 24.0 Å². The molecule has 2 N–H and O–H groups in total. The number of hydrogen-bond acceptors (Lipinski definition) is 4. The van der Waals surface area contributed by atoms with Gasteiger partial charge in [0.05, 0.1) is 13.2 Å². The molecule has 0 bridgehead atoms. The summed E-state index contributed by atoms with van der Waals surface area (Å²) in [4.78, 5) is 9.58. The summed E-state index contributed by atoms with van der Waals surface area (Å²) in [6.45, 7) is 17.4. The third-order valence-electron chi connectivity index (χ3n) is 5.99. The van der Waals surface area contributed by atoms with Gasteiger partial charge in [-0.2, -0.15) is 0 Å². The lowest BCUT2D eigenvalue weighted by Gasteiger charge is -2.37. The lowest BCUT2D eigenvalue weighted by Crippen LogP contribution is -2.53. The maximum absolute atomic E-state index is 5.50. The van der Waals surface area contributed by atoms with Crippen LogP contribution >= 0.6 is 24.0 Å². The second-order valence-electron chi connectivity index (χ2n) is 8.36. The summed E-state index contributed by atoms with van der Waals surface area (Å²) in [6, 6.07) is 1.06. The molecule has 0 amide bonds. The molecule has 160 valence electrons. The van der Waals surface area contributed by atoms with E-state index in [2.05, 4.69) is 53.1 Å². The summed E-state index contributed by atoms with van der Waals surface area (Å²) in [5.74, 6) is 2.41. The van der Waals surface area contributed by atoms with E-state index in [1.165, 1.54) is 25.9 Å². The molecule has 2 heterocycles. The smallest absolute Gasteiger partial charge is 0.191 e. The zero-order chi connectivity index (χ0) is 18.9. The predicted molar refractivity (Wildman–Crippen MR) is 125 cm³/mol. The number of ether oxygens (including phenoxy) is 1. The van der Waals surface area contributed by atoms with E-state index >= 15 is 0 Å². The monoisotopic (exact) mass is 495 g/mol. The van der Waals surface area contributed by atoms with Gasteiger partial charge in [0.15, 0.2) is 5.96 Å². The Labute approximate surface area is 183 Å². The molecule has 2 aliphatic heterocycles. The predicted octanol–water partition coefficient (Wildman–Crippen LogP) is 2.25. The van der Waals surface area contributed by atoms with Crippen molar-refractivity contribution in [1.29, 1.82) is 0 Å². The summed E-state index contributed by atoms with van der Waals surface area (Å²) in [7, 11) is 1.86. The molecule has 0 spiro atoms. The molecule has 7 heteroatoms. The zero-order valence-electron chi connectivity index (χ0n) is 18.0. The van der Waals surface area contributed by atoms with Crippen molar-refractivity contribution < 1.29 is 4.74 Å². The van der Waals surface area contributed by atoms with E-state index < -0.39 is 0 Å². The minimum absolute atomic E-state index is 0. The third-order valence-corrected chi connectivity index (χ3v) is 5.99. The quantitative estimate of drug-likeness (QED) is 0.323. The van der Waals surface area contributed by atoms with Crippen molar-refractivity contribution in [1.82, 2.24) is 20.4 Å². The maximum atomic E-state index is 5.50. The molecule has 2 atom stereocenters. The third kappa shape index (κ3) is 8.41. The largest absolute Gasteiger partial charge is 0.379 e. The number of likely N-dealkylation sites (tertiary alicyclic amines) is 1. The highest BCUT2D eigenvalue weighted by molar-refractivity contribution is 14.0. The van der Waals surface area contributed by atoms with Gasteiger partial charge >= 0.3 is 0 Å². The van der Waals surface area contributed by atoms with Gasteiger partial charge in [-0.25, -0.2) is 0 Å². The molecule has 2 rings (SSSR count). The standard InChI is InChI=1S/C20H41N5O.HI/c1-16(2)19(25-10-12-26-13-11-25)15-23-20(21-5)22-14-18(4)24-8-6-17(3)7-9-24;/h16-19H,6-15H2,1-5H3,(H2,21,22,23);1H. The molecule has 6 nitrogen and oxygen atoms in total. The van der Waals surface area contributed by atoms with E-state index in [1.54, 1.807) is 0 Å². The summed E-state index contributed by atoms with van der Waals surface area (Å²) in [6.07, 6.45) is 2.65. The van der Waals surface area contributed by atoms with Gasteiger partial charge in [-0.05, 0) is 44.7 Å². The number of guanidine groups is 1. The minimum Gasteiger partial charge on any atom is -0.379 e. The van der Waals surface area contributed by atoms with Gasteiger partial charge in [0.2, 0.25) is 0 Å². The summed E-state index contributed by atoms with van der Waals surface area (Å²) in [5, 5.41) is 7.08. The Balaban J connectivity index is 0.00000364. The highest BCUT2D eigenvalue weighted by Crippen LogP contribution is 2.17. The fraction of sp³-hybridized carbons (Fsp3) is 0.950. The Bertz CT molecular complexity index is 421. The molecule has 27 heavy (non-hydrogen) atoms. The average molecular weight is 495 g/mol. The average Bonchev–Trinajstić information content (AvgIpc) is 2.65. The van der Waals surface area contributed by atoms with E-state index in [-0.39, 0.29) is 24.0 Å². The Kier molecular flexibility index (Phi) is 12.2. The van der Waals surface area contributed by atoms with Crippen LogP contribution in [0.15, 0.2) is 4.99 Å². The van der Waals surface area contributed by atoms with Gasteiger partial charge in [0.25, 0.3) is 0 Å². The molecular formula is C20H42IN5O. The number of aliphatic imine (C=N–C) groups is 1. The number of nitrogens with one attached hydrogen (secondary N) is 2. The first-order valence-corrected chi connectivity index (χ1v) is 10.5. The molecule has 2 aliphatic rings. The van der Waals surface area contributed by atoms with Crippen molar-refractivity contribution in [2.75, 3.05) is 59.5 Å². The second-order valence-corrected chi connectivity index (χ2v) is 8.36. The van der Waals surface area contributed by atoms with Crippen LogP contribution in [0.25, 0.3) is 0 Å². The van der Waals surface area contributed by atoms with Crippen molar-refractivity contribution in [3.63, 3.8) is 0 Å². The van der Waals surface area contributed by atoms with Crippen LogP contribution in [0.4, 0.5) is 0 Å². The number of hydrogen-bond donors (Lipinski definition) is 2. The number of piperidine rings is 1. The summed E-state index contributed by atoms with van der Waals surface area (Å²) in [5.41, 5.74) is 0. The summed E-state index contributed by atoms with van der Waals surface area (Å²) < 4.78 is 5.50. The van der Waals surface area contributed by atoms with Gasteiger partial charge in [-0.3, -0.25) is 14.8 Å². The highest BCUT2D eigenvalue weighted by Gasteiger charge is 2.24. The number of morpholine rings is 1. The lowest BCUT2D eigenvalue weighted by molar-refractivity contribution is 0.00751. The Morgan fingerprint density at radius 1 is 1.00 bits per heavy atom. The maximum Gasteiger partial charge on any atom is 0.191 e. The van der Waals surface area contributed by atoms with Crippen LogP contribution in [0.2, 0.25) is 0 Å². The van der Waals surface area contributed by atoms with Crippen LogP contribution in [-0.4, -0.2) is 87.4 Å². The van der Waals surface area contributed by atoms with E-state index in [0.717, 1.165) is 51.3 Å². The van der Waals surface area contributed by atoms with Crippen LogP contribution in [-0.2, 0) is 4.74 Å². The Hall–Kier alpha value is -0.120. The SMILES string of the molecule is CN=C(NCC(C)N1CCC(C)CC1)NCC(C(C)C)N1CCOCC1.I. The van der Waals surface area contributed by atoms with Gasteiger partial charge in [-0.1, -0.05) is 20.8 Å². The first kappa shape index (κ1) is 24.9. The van der Waals surface area contributed by atoms with Crippen LogP contribution < -0.4 is 10.6 Å². The first-order chi connectivity index (χ1) is 12.5. The topological polar surface area (TPSA) is 52.1 Å². The second kappa shape index (κ2) is 13.2. The molecule has 0 aliphatic carbocycles. The molecule has 0 aromatic carbocycles. The van der Waals surface area contributed by atoms with Crippen molar-refractivity contribution >= 4 is 29.9 Å². The van der Waals surface area contributed by atoms with Gasteiger partial charge < -0.3 is 15.4 Å². The molecular weight excluding hydrogens is 453 g/mol. The van der Waals surface area contributed by atoms with Crippen molar-refractivity contribution in [3.8, 4) is 0 Å². The molecule has 2 saturated heterocycles. The number of halogens is 1. The minimum atomic E-state index is 0. The molecule has 0 saturated carbocycles. The van der Waals surface area contributed by atoms with E-state index in [0.29, 0.717) is 18.0 Å².